The van der Waals surface area contributed by atoms with Gasteiger partial charge in [-0.15, -0.1) is 0 Å². The molecule has 0 unspecified atom stereocenters. The molecule has 2 rings (SSSR count). The summed E-state index contributed by atoms with van der Waals surface area (Å²) in [4.78, 5) is 22.8. The first-order chi connectivity index (χ1) is 8.10. The molecule has 1 aliphatic rings. The molecule has 1 amide bonds. The van der Waals surface area contributed by atoms with Crippen LogP contribution >= 0.6 is 0 Å². The molecule has 0 spiro atoms. The van der Waals surface area contributed by atoms with Crippen molar-refractivity contribution in [3.63, 3.8) is 0 Å². The normalized spacial score (nSPS) is 17.8. The quantitative estimate of drug-likeness (QED) is 0.784. The van der Waals surface area contributed by atoms with Gasteiger partial charge in [0.05, 0.1) is 19.2 Å². The van der Waals surface area contributed by atoms with Crippen LogP contribution in [0.15, 0.2) is 18.2 Å². The van der Waals surface area contributed by atoms with Gasteiger partial charge in [-0.3, -0.25) is 9.59 Å². The summed E-state index contributed by atoms with van der Waals surface area (Å²) >= 11 is 0. The number of ether oxygens (including phenoxy) is 2. The Hall–Kier alpha value is -2.04. The summed E-state index contributed by atoms with van der Waals surface area (Å²) in [5, 5.41) is 2.69. The predicted molar refractivity (Wildman–Crippen MR) is 60.9 cm³/mol. The van der Waals surface area contributed by atoms with Crippen LogP contribution in [0.25, 0.3) is 0 Å². The zero-order valence-electron chi connectivity index (χ0n) is 9.65. The van der Waals surface area contributed by atoms with Crippen molar-refractivity contribution in [1.82, 2.24) is 0 Å². The average molecular weight is 235 g/mol. The van der Waals surface area contributed by atoms with Gasteiger partial charge in [0, 0.05) is 0 Å². The van der Waals surface area contributed by atoms with Crippen molar-refractivity contribution in [2.75, 3.05) is 12.4 Å². The third-order valence-corrected chi connectivity index (χ3v) is 2.54. The summed E-state index contributed by atoms with van der Waals surface area (Å²) in [6.45, 7) is 1.93. The summed E-state index contributed by atoms with van der Waals surface area (Å²) in [6, 6.07) is 5.47. The van der Waals surface area contributed by atoms with Crippen LogP contribution < -0.4 is 10.1 Å². The lowest BCUT2D eigenvalue weighted by molar-refractivity contribution is -0.145. The molecule has 0 bridgehead atoms. The van der Waals surface area contributed by atoms with Gasteiger partial charge in [-0.2, -0.15) is 0 Å². The highest BCUT2D eigenvalue weighted by Gasteiger charge is 2.29. The second-order valence-electron chi connectivity index (χ2n) is 3.88. The number of aryl methyl sites for hydroxylation is 1. The standard InChI is InChI=1S/C12H13NO4/c1-7-3-4-8-9(5-7)17-10(12(15)13-8)6-11(14)16-2/h3-5,10H,6H2,1-2H3,(H,13,15)/t10-/m1/s1. The molecule has 0 fully saturated rings. The number of carbonyl (C=O) groups excluding carboxylic acids is 2. The fourth-order valence-electron chi connectivity index (χ4n) is 1.62. The van der Waals surface area contributed by atoms with E-state index in [1.165, 1.54) is 7.11 Å². The van der Waals surface area contributed by atoms with Gasteiger partial charge in [-0.1, -0.05) is 6.07 Å². The summed E-state index contributed by atoms with van der Waals surface area (Å²) in [6.07, 6.45) is -0.910. The smallest absolute Gasteiger partial charge is 0.309 e. The van der Waals surface area contributed by atoms with E-state index in [0.717, 1.165) is 5.56 Å². The summed E-state index contributed by atoms with van der Waals surface area (Å²) in [5.41, 5.74) is 1.65. The Morgan fingerprint density at radius 1 is 1.53 bits per heavy atom. The SMILES string of the molecule is COC(=O)C[C@H]1Oc2cc(C)ccc2NC1=O. The van der Waals surface area contributed by atoms with Crippen LogP contribution in [0, 0.1) is 6.92 Å². The van der Waals surface area contributed by atoms with E-state index in [1.54, 1.807) is 6.07 Å². The molecule has 17 heavy (non-hydrogen) atoms. The van der Waals surface area contributed by atoms with Crippen LogP contribution in [0.2, 0.25) is 0 Å². The van der Waals surface area contributed by atoms with Crippen molar-refractivity contribution in [3.05, 3.63) is 23.8 Å². The van der Waals surface area contributed by atoms with Crippen molar-refractivity contribution in [2.24, 2.45) is 0 Å². The monoisotopic (exact) mass is 235 g/mol. The fourth-order valence-corrected chi connectivity index (χ4v) is 1.62. The topological polar surface area (TPSA) is 64.6 Å². The number of hydrogen-bond acceptors (Lipinski definition) is 4. The zero-order valence-corrected chi connectivity index (χ0v) is 9.65. The first-order valence-corrected chi connectivity index (χ1v) is 5.25. The molecule has 5 heteroatoms. The van der Waals surface area contributed by atoms with Crippen molar-refractivity contribution >= 4 is 17.6 Å². The highest BCUT2D eigenvalue weighted by Crippen LogP contribution is 2.31. The molecular weight excluding hydrogens is 222 g/mol. The van der Waals surface area contributed by atoms with Crippen LogP contribution in [-0.2, 0) is 14.3 Å². The largest absolute Gasteiger partial charge is 0.478 e. The Kier molecular flexibility index (Phi) is 2.99. The second kappa shape index (κ2) is 4.45. The van der Waals surface area contributed by atoms with E-state index in [1.807, 2.05) is 19.1 Å². The first kappa shape index (κ1) is 11.4. The highest BCUT2D eigenvalue weighted by molar-refractivity contribution is 5.99. The maximum absolute atomic E-state index is 11.6. The highest BCUT2D eigenvalue weighted by atomic mass is 16.5. The third kappa shape index (κ3) is 2.38. The molecule has 1 atom stereocenters. The van der Waals surface area contributed by atoms with Gasteiger partial charge in [0.2, 0.25) is 0 Å². The third-order valence-electron chi connectivity index (χ3n) is 2.54. The van der Waals surface area contributed by atoms with Crippen LogP contribution in [-0.4, -0.2) is 25.1 Å². The van der Waals surface area contributed by atoms with Gasteiger partial charge in [0.15, 0.2) is 6.10 Å². The zero-order chi connectivity index (χ0) is 12.4. The number of benzene rings is 1. The number of carbonyl (C=O) groups is 2. The lowest BCUT2D eigenvalue weighted by Gasteiger charge is -2.25. The molecule has 1 aromatic rings. The lowest BCUT2D eigenvalue weighted by atomic mass is 10.1. The second-order valence-corrected chi connectivity index (χ2v) is 3.88. The Morgan fingerprint density at radius 2 is 2.29 bits per heavy atom. The average Bonchev–Trinajstić information content (AvgIpc) is 2.30. The molecule has 90 valence electrons. The van der Waals surface area contributed by atoms with E-state index in [0.29, 0.717) is 11.4 Å². The number of fused-ring (bicyclic) bond motifs is 1. The molecule has 0 radical (unpaired) electrons. The number of nitrogens with one attached hydrogen (secondary N) is 1. The summed E-state index contributed by atoms with van der Waals surface area (Å²) < 4.78 is 10.00. The molecule has 1 aromatic carbocycles. The maximum atomic E-state index is 11.6. The van der Waals surface area contributed by atoms with Gasteiger partial charge in [-0.25, -0.2) is 0 Å². The first-order valence-electron chi connectivity index (χ1n) is 5.25. The minimum absolute atomic E-state index is 0.0876. The van der Waals surface area contributed by atoms with Crippen LogP contribution in [0.5, 0.6) is 5.75 Å². The number of rotatable bonds is 2. The van der Waals surface area contributed by atoms with Crippen molar-refractivity contribution in [1.29, 1.82) is 0 Å². The van der Waals surface area contributed by atoms with Crippen molar-refractivity contribution < 1.29 is 19.1 Å². The van der Waals surface area contributed by atoms with E-state index in [4.69, 9.17) is 4.74 Å². The number of methoxy groups -OCH3 is 1. The van der Waals surface area contributed by atoms with Gasteiger partial charge in [-0.05, 0) is 24.6 Å². The number of anilines is 1. The predicted octanol–water partition coefficient (Wildman–Crippen LogP) is 1.26. The number of esters is 1. The Morgan fingerprint density at radius 3 is 3.00 bits per heavy atom. The number of hydrogen-bond donors (Lipinski definition) is 1. The summed E-state index contributed by atoms with van der Waals surface area (Å²) in [5.74, 6) is -0.216. The van der Waals surface area contributed by atoms with Crippen LogP contribution in [0.1, 0.15) is 12.0 Å². The number of amides is 1. The van der Waals surface area contributed by atoms with Crippen LogP contribution in [0.3, 0.4) is 0 Å². The lowest BCUT2D eigenvalue weighted by Crippen LogP contribution is -2.38. The van der Waals surface area contributed by atoms with Crippen molar-refractivity contribution in [3.8, 4) is 5.75 Å². The van der Waals surface area contributed by atoms with E-state index in [2.05, 4.69) is 10.1 Å². The fraction of sp³-hybridized carbons (Fsp3) is 0.333. The Bertz CT molecular complexity index is 470. The Labute approximate surface area is 98.7 Å². The van der Waals surface area contributed by atoms with E-state index in [-0.39, 0.29) is 12.3 Å². The minimum atomic E-state index is -0.822. The maximum Gasteiger partial charge on any atom is 0.309 e. The molecule has 0 saturated carbocycles. The molecular formula is C12H13NO4. The van der Waals surface area contributed by atoms with E-state index in [9.17, 15) is 9.59 Å². The van der Waals surface area contributed by atoms with Gasteiger partial charge in [0.25, 0.3) is 5.91 Å². The minimum Gasteiger partial charge on any atom is -0.478 e. The molecule has 0 aliphatic carbocycles. The molecule has 0 aromatic heterocycles. The molecule has 1 aliphatic heterocycles. The summed E-state index contributed by atoms with van der Waals surface area (Å²) in [7, 11) is 1.28. The molecule has 5 nitrogen and oxygen atoms in total. The van der Waals surface area contributed by atoms with E-state index >= 15 is 0 Å². The Balaban J connectivity index is 2.19. The van der Waals surface area contributed by atoms with Crippen LogP contribution in [0.4, 0.5) is 5.69 Å². The van der Waals surface area contributed by atoms with Gasteiger partial charge in [0.1, 0.15) is 5.75 Å². The molecule has 1 heterocycles. The molecule has 1 N–H and O–H groups in total. The van der Waals surface area contributed by atoms with Gasteiger partial charge < -0.3 is 14.8 Å². The van der Waals surface area contributed by atoms with E-state index < -0.39 is 12.1 Å². The molecule has 0 saturated heterocycles. The van der Waals surface area contributed by atoms with Gasteiger partial charge >= 0.3 is 5.97 Å². The van der Waals surface area contributed by atoms with Crippen molar-refractivity contribution in [2.45, 2.75) is 19.4 Å².